The molecular formula is C22H20ClFN2O3S. The van der Waals surface area contributed by atoms with Crippen molar-refractivity contribution in [1.29, 1.82) is 0 Å². The zero-order chi connectivity index (χ0) is 21.7. The van der Waals surface area contributed by atoms with E-state index in [0.717, 1.165) is 27.6 Å². The third-order valence-electron chi connectivity index (χ3n) is 4.41. The number of rotatable bonds is 7. The molecule has 0 fully saturated rings. The molecular weight excluding hydrogens is 427 g/mol. The smallest absolute Gasteiger partial charge is 0.264 e. The Bertz CT molecular complexity index is 1120. The third kappa shape index (κ3) is 5.37. The molecule has 5 nitrogen and oxygen atoms in total. The second kappa shape index (κ2) is 9.28. The summed E-state index contributed by atoms with van der Waals surface area (Å²) in [5.41, 5.74) is 2.12. The van der Waals surface area contributed by atoms with Crippen LogP contribution in [0.15, 0.2) is 77.7 Å². The lowest BCUT2D eigenvalue weighted by molar-refractivity contribution is -0.119. The van der Waals surface area contributed by atoms with Crippen LogP contribution in [-0.4, -0.2) is 20.9 Å². The summed E-state index contributed by atoms with van der Waals surface area (Å²) in [6.07, 6.45) is 0. The molecule has 0 unspecified atom stereocenters. The Morgan fingerprint density at radius 3 is 2.17 bits per heavy atom. The molecule has 0 saturated heterocycles. The summed E-state index contributed by atoms with van der Waals surface area (Å²) in [7, 11) is -4.08. The fourth-order valence-corrected chi connectivity index (χ4v) is 4.30. The van der Waals surface area contributed by atoms with E-state index < -0.39 is 28.3 Å². The number of anilines is 1. The molecule has 3 aromatic rings. The monoisotopic (exact) mass is 446 g/mol. The molecule has 0 aliphatic rings. The first-order valence-corrected chi connectivity index (χ1v) is 10.9. The van der Waals surface area contributed by atoms with Gasteiger partial charge in [-0.3, -0.25) is 9.10 Å². The molecule has 30 heavy (non-hydrogen) atoms. The van der Waals surface area contributed by atoms with Gasteiger partial charge >= 0.3 is 0 Å². The van der Waals surface area contributed by atoms with E-state index in [1.54, 1.807) is 48.5 Å². The number of carbonyl (C=O) groups excluding carboxylic acids is 1. The summed E-state index contributed by atoms with van der Waals surface area (Å²) in [6, 6.07) is 18.2. The number of aryl methyl sites for hydroxylation is 1. The van der Waals surface area contributed by atoms with Gasteiger partial charge in [-0.1, -0.05) is 41.4 Å². The average molecular weight is 447 g/mol. The van der Waals surface area contributed by atoms with Crippen LogP contribution in [0.1, 0.15) is 11.1 Å². The fraction of sp³-hybridized carbons (Fsp3) is 0.136. The molecule has 0 spiro atoms. The van der Waals surface area contributed by atoms with Gasteiger partial charge < -0.3 is 5.32 Å². The number of hydrogen-bond acceptors (Lipinski definition) is 3. The quantitative estimate of drug-likeness (QED) is 0.588. The highest BCUT2D eigenvalue weighted by Crippen LogP contribution is 2.24. The van der Waals surface area contributed by atoms with Crippen LogP contribution in [0.3, 0.4) is 0 Å². The number of nitrogens with zero attached hydrogens (tertiary/aromatic N) is 1. The summed E-state index contributed by atoms with van der Waals surface area (Å²) in [5, 5.41) is 3.30. The van der Waals surface area contributed by atoms with Crippen molar-refractivity contribution in [2.75, 3.05) is 10.8 Å². The van der Waals surface area contributed by atoms with Crippen molar-refractivity contribution < 1.29 is 17.6 Å². The van der Waals surface area contributed by atoms with Crippen molar-refractivity contribution in [3.8, 4) is 0 Å². The first-order valence-electron chi connectivity index (χ1n) is 9.12. The maximum absolute atomic E-state index is 13.3. The van der Waals surface area contributed by atoms with Crippen molar-refractivity contribution in [2.24, 2.45) is 0 Å². The van der Waals surface area contributed by atoms with Crippen LogP contribution >= 0.6 is 11.6 Å². The minimum Gasteiger partial charge on any atom is -0.350 e. The standard InChI is InChI=1S/C22H20ClFN2O3S/c1-16-2-10-20(11-3-16)26(30(28,29)21-12-8-19(24)9-13-21)15-22(27)25-14-17-4-6-18(23)7-5-17/h2-13H,14-15H2,1H3,(H,25,27). The second-order valence-corrected chi connectivity index (χ2v) is 9.00. The van der Waals surface area contributed by atoms with E-state index in [-0.39, 0.29) is 11.4 Å². The van der Waals surface area contributed by atoms with Crippen LogP contribution in [0.5, 0.6) is 0 Å². The van der Waals surface area contributed by atoms with Gasteiger partial charge in [0, 0.05) is 11.6 Å². The number of amides is 1. The van der Waals surface area contributed by atoms with E-state index in [1.807, 2.05) is 6.92 Å². The summed E-state index contributed by atoms with van der Waals surface area (Å²) in [4.78, 5) is 12.5. The molecule has 156 valence electrons. The van der Waals surface area contributed by atoms with Crippen molar-refractivity contribution in [3.05, 3.63) is 94.8 Å². The third-order valence-corrected chi connectivity index (χ3v) is 6.45. The van der Waals surface area contributed by atoms with E-state index >= 15 is 0 Å². The molecule has 0 aliphatic carbocycles. The van der Waals surface area contributed by atoms with E-state index in [2.05, 4.69) is 5.32 Å². The van der Waals surface area contributed by atoms with Gasteiger partial charge in [-0.2, -0.15) is 0 Å². The molecule has 0 heterocycles. The number of nitrogens with one attached hydrogen (secondary N) is 1. The van der Waals surface area contributed by atoms with Gasteiger partial charge in [0.2, 0.25) is 5.91 Å². The summed E-state index contributed by atoms with van der Waals surface area (Å²) < 4.78 is 40.6. The topological polar surface area (TPSA) is 66.5 Å². The van der Waals surface area contributed by atoms with Crippen molar-refractivity contribution in [2.45, 2.75) is 18.4 Å². The highest BCUT2D eigenvalue weighted by molar-refractivity contribution is 7.92. The van der Waals surface area contributed by atoms with Crippen LogP contribution in [0.25, 0.3) is 0 Å². The minimum atomic E-state index is -4.08. The second-order valence-electron chi connectivity index (χ2n) is 6.70. The molecule has 0 bridgehead atoms. The molecule has 1 amide bonds. The zero-order valence-electron chi connectivity index (χ0n) is 16.2. The molecule has 0 radical (unpaired) electrons. The van der Waals surface area contributed by atoms with Crippen LogP contribution in [0.4, 0.5) is 10.1 Å². The van der Waals surface area contributed by atoms with Crippen molar-refractivity contribution in [1.82, 2.24) is 5.32 Å². The first kappa shape index (κ1) is 21.8. The number of carbonyl (C=O) groups is 1. The SMILES string of the molecule is Cc1ccc(N(CC(=O)NCc2ccc(Cl)cc2)S(=O)(=O)c2ccc(F)cc2)cc1. The maximum Gasteiger partial charge on any atom is 0.264 e. The summed E-state index contributed by atoms with van der Waals surface area (Å²) in [6.45, 7) is 1.69. The Morgan fingerprint density at radius 1 is 0.967 bits per heavy atom. The molecule has 0 aliphatic heterocycles. The maximum atomic E-state index is 13.3. The van der Waals surface area contributed by atoms with E-state index in [4.69, 9.17) is 11.6 Å². The Labute approximate surface area is 180 Å². The lowest BCUT2D eigenvalue weighted by atomic mass is 10.2. The Hall–Kier alpha value is -2.90. The Morgan fingerprint density at radius 2 is 1.57 bits per heavy atom. The van der Waals surface area contributed by atoms with E-state index in [9.17, 15) is 17.6 Å². The van der Waals surface area contributed by atoms with Crippen LogP contribution in [-0.2, 0) is 21.4 Å². The molecule has 0 saturated carbocycles. The lowest BCUT2D eigenvalue weighted by Gasteiger charge is -2.24. The first-order chi connectivity index (χ1) is 14.3. The van der Waals surface area contributed by atoms with Gasteiger partial charge in [0.1, 0.15) is 12.4 Å². The van der Waals surface area contributed by atoms with Crippen molar-refractivity contribution >= 4 is 33.2 Å². The van der Waals surface area contributed by atoms with Gasteiger partial charge in [-0.05, 0) is 61.0 Å². The lowest BCUT2D eigenvalue weighted by Crippen LogP contribution is -2.40. The predicted molar refractivity (Wildman–Crippen MR) is 115 cm³/mol. The average Bonchev–Trinajstić information content (AvgIpc) is 2.72. The van der Waals surface area contributed by atoms with Gasteiger partial charge in [-0.25, -0.2) is 12.8 Å². The highest BCUT2D eigenvalue weighted by atomic mass is 35.5. The number of halogens is 2. The molecule has 0 atom stereocenters. The van der Waals surface area contributed by atoms with E-state index in [1.165, 1.54) is 12.1 Å². The minimum absolute atomic E-state index is 0.102. The number of sulfonamides is 1. The van der Waals surface area contributed by atoms with Gasteiger partial charge in [0.15, 0.2) is 0 Å². The molecule has 1 N–H and O–H groups in total. The normalized spacial score (nSPS) is 11.2. The Balaban J connectivity index is 1.84. The zero-order valence-corrected chi connectivity index (χ0v) is 17.8. The largest absolute Gasteiger partial charge is 0.350 e. The highest BCUT2D eigenvalue weighted by Gasteiger charge is 2.27. The molecule has 3 rings (SSSR count). The Kier molecular flexibility index (Phi) is 6.74. The van der Waals surface area contributed by atoms with Gasteiger partial charge in [0.25, 0.3) is 10.0 Å². The number of hydrogen-bond donors (Lipinski definition) is 1. The molecule has 8 heteroatoms. The number of benzene rings is 3. The summed E-state index contributed by atoms with van der Waals surface area (Å²) in [5.74, 6) is -1.02. The molecule has 0 aromatic heterocycles. The van der Waals surface area contributed by atoms with Crippen molar-refractivity contribution in [3.63, 3.8) is 0 Å². The molecule has 3 aromatic carbocycles. The summed E-state index contributed by atoms with van der Waals surface area (Å²) >= 11 is 5.86. The van der Waals surface area contributed by atoms with Gasteiger partial charge in [0.05, 0.1) is 10.6 Å². The van der Waals surface area contributed by atoms with Crippen LogP contribution < -0.4 is 9.62 Å². The van der Waals surface area contributed by atoms with Crippen LogP contribution in [0, 0.1) is 12.7 Å². The fourth-order valence-electron chi connectivity index (χ4n) is 2.75. The van der Waals surface area contributed by atoms with Crippen LogP contribution in [0.2, 0.25) is 5.02 Å². The predicted octanol–water partition coefficient (Wildman–Crippen LogP) is 4.30. The van der Waals surface area contributed by atoms with E-state index in [0.29, 0.717) is 10.7 Å². The van der Waals surface area contributed by atoms with Gasteiger partial charge in [-0.15, -0.1) is 0 Å².